The van der Waals surface area contributed by atoms with Crippen molar-refractivity contribution in [2.45, 2.75) is 51.7 Å². The molecule has 0 radical (unpaired) electrons. The normalized spacial score (nSPS) is 13.1. The number of amides is 1. The van der Waals surface area contributed by atoms with E-state index in [0.717, 1.165) is 0 Å². The van der Waals surface area contributed by atoms with Crippen molar-refractivity contribution in [1.29, 1.82) is 0 Å². The van der Waals surface area contributed by atoms with Crippen molar-refractivity contribution in [3.05, 3.63) is 0 Å². The van der Waals surface area contributed by atoms with Crippen molar-refractivity contribution in [3.8, 4) is 0 Å². The molecule has 106 valence electrons. The second-order valence-electron chi connectivity index (χ2n) is 4.36. The summed E-state index contributed by atoms with van der Waals surface area (Å²) >= 11 is 1.52. The predicted octanol–water partition coefficient (Wildman–Crippen LogP) is 1.25. The van der Waals surface area contributed by atoms with Crippen LogP contribution in [0.2, 0.25) is 0 Å². The number of carbonyl (C=O) groups excluding carboxylic acids is 1. The van der Waals surface area contributed by atoms with E-state index in [0.29, 0.717) is 30.8 Å². The van der Waals surface area contributed by atoms with Crippen LogP contribution in [0.4, 0.5) is 0 Å². The van der Waals surface area contributed by atoms with Gasteiger partial charge in [-0.15, -0.1) is 0 Å². The lowest BCUT2D eigenvalue weighted by Crippen LogP contribution is -2.40. The first-order chi connectivity index (χ1) is 8.34. The van der Waals surface area contributed by atoms with Crippen molar-refractivity contribution in [2.75, 3.05) is 11.5 Å². The second kappa shape index (κ2) is 8.37. The lowest BCUT2D eigenvalue weighted by Gasteiger charge is -2.24. The SMILES string of the molecule is CCC(O)(CC)CSCCC(NC(C)=O)C(=O)O. The molecule has 0 rings (SSSR count). The molecule has 0 aromatic heterocycles. The fourth-order valence-corrected chi connectivity index (χ4v) is 2.76. The van der Waals surface area contributed by atoms with Gasteiger partial charge in [-0.2, -0.15) is 11.8 Å². The molecule has 5 nitrogen and oxygen atoms in total. The number of aliphatic hydroxyl groups is 1. The van der Waals surface area contributed by atoms with Gasteiger partial charge in [-0.25, -0.2) is 4.79 Å². The molecule has 0 aliphatic rings. The van der Waals surface area contributed by atoms with Gasteiger partial charge in [-0.1, -0.05) is 13.8 Å². The summed E-state index contributed by atoms with van der Waals surface area (Å²) < 4.78 is 0. The summed E-state index contributed by atoms with van der Waals surface area (Å²) in [4.78, 5) is 21.7. The summed E-state index contributed by atoms with van der Waals surface area (Å²) in [6.07, 6.45) is 1.73. The average molecular weight is 277 g/mol. The molecule has 6 heteroatoms. The lowest BCUT2D eigenvalue weighted by atomic mass is 10.0. The number of carboxylic acids is 1. The van der Waals surface area contributed by atoms with E-state index in [-0.39, 0.29) is 5.91 Å². The van der Waals surface area contributed by atoms with Crippen LogP contribution in [0.5, 0.6) is 0 Å². The molecule has 18 heavy (non-hydrogen) atoms. The van der Waals surface area contributed by atoms with E-state index >= 15 is 0 Å². The molecule has 0 heterocycles. The van der Waals surface area contributed by atoms with E-state index in [4.69, 9.17) is 5.11 Å². The van der Waals surface area contributed by atoms with Crippen LogP contribution >= 0.6 is 11.8 Å². The zero-order valence-corrected chi connectivity index (χ0v) is 12.0. The predicted molar refractivity (Wildman–Crippen MR) is 72.7 cm³/mol. The van der Waals surface area contributed by atoms with Crippen LogP contribution in [0.15, 0.2) is 0 Å². The third-order valence-electron chi connectivity index (χ3n) is 2.91. The van der Waals surface area contributed by atoms with Crippen molar-refractivity contribution in [2.24, 2.45) is 0 Å². The Morgan fingerprint density at radius 2 is 1.89 bits per heavy atom. The van der Waals surface area contributed by atoms with E-state index in [9.17, 15) is 14.7 Å². The minimum Gasteiger partial charge on any atom is -0.480 e. The Labute approximate surface area is 112 Å². The Kier molecular flexibility index (Phi) is 8.02. The molecule has 0 aromatic carbocycles. The van der Waals surface area contributed by atoms with E-state index < -0.39 is 17.6 Å². The summed E-state index contributed by atoms with van der Waals surface area (Å²) in [5.74, 6) is -0.176. The van der Waals surface area contributed by atoms with Gasteiger partial charge in [-0.3, -0.25) is 4.79 Å². The van der Waals surface area contributed by atoms with Crippen LogP contribution in [-0.4, -0.2) is 45.2 Å². The van der Waals surface area contributed by atoms with Crippen LogP contribution in [0.1, 0.15) is 40.0 Å². The maximum atomic E-state index is 10.9. The van der Waals surface area contributed by atoms with Crippen molar-refractivity contribution >= 4 is 23.6 Å². The van der Waals surface area contributed by atoms with Gasteiger partial charge in [0.15, 0.2) is 0 Å². The Balaban J connectivity index is 4.00. The van der Waals surface area contributed by atoms with Crippen LogP contribution in [0.3, 0.4) is 0 Å². The first kappa shape index (κ1) is 17.2. The van der Waals surface area contributed by atoms with E-state index in [2.05, 4.69) is 5.32 Å². The van der Waals surface area contributed by atoms with Gasteiger partial charge in [0.2, 0.25) is 5.91 Å². The smallest absolute Gasteiger partial charge is 0.326 e. The Morgan fingerprint density at radius 3 is 2.28 bits per heavy atom. The summed E-state index contributed by atoms with van der Waals surface area (Å²) in [7, 11) is 0. The third kappa shape index (κ3) is 6.86. The topological polar surface area (TPSA) is 86.6 Å². The molecule has 0 saturated heterocycles. The molecule has 1 atom stereocenters. The van der Waals surface area contributed by atoms with Gasteiger partial charge in [0.1, 0.15) is 6.04 Å². The maximum absolute atomic E-state index is 10.9. The van der Waals surface area contributed by atoms with E-state index in [1.807, 2.05) is 13.8 Å². The number of carboxylic acid groups (broad SMARTS) is 1. The highest BCUT2D eigenvalue weighted by Crippen LogP contribution is 2.21. The van der Waals surface area contributed by atoms with Gasteiger partial charge >= 0.3 is 5.97 Å². The molecule has 0 spiro atoms. The average Bonchev–Trinajstić information content (AvgIpc) is 2.32. The van der Waals surface area contributed by atoms with Crippen molar-refractivity contribution < 1.29 is 19.8 Å². The Morgan fingerprint density at radius 1 is 1.33 bits per heavy atom. The molecule has 1 amide bonds. The lowest BCUT2D eigenvalue weighted by molar-refractivity contribution is -0.141. The van der Waals surface area contributed by atoms with Crippen molar-refractivity contribution in [3.63, 3.8) is 0 Å². The fourth-order valence-electron chi connectivity index (χ4n) is 1.42. The highest BCUT2D eigenvalue weighted by molar-refractivity contribution is 7.99. The fraction of sp³-hybridized carbons (Fsp3) is 0.833. The number of carbonyl (C=O) groups is 2. The summed E-state index contributed by atoms with van der Waals surface area (Å²) in [5.41, 5.74) is -0.669. The summed E-state index contributed by atoms with van der Waals surface area (Å²) in [5, 5.41) is 21.3. The molecular weight excluding hydrogens is 254 g/mol. The largest absolute Gasteiger partial charge is 0.480 e. The van der Waals surface area contributed by atoms with Crippen LogP contribution in [0, 0.1) is 0 Å². The molecule has 0 aliphatic carbocycles. The maximum Gasteiger partial charge on any atom is 0.326 e. The van der Waals surface area contributed by atoms with Crippen LogP contribution in [-0.2, 0) is 9.59 Å². The minimum absolute atomic E-state index is 0.342. The quantitative estimate of drug-likeness (QED) is 0.552. The number of thioether (sulfide) groups is 1. The van der Waals surface area contributed by atoms with Crippen molar-refractivity contribution in [1.82, 2.24) is 5.32 Å². The Bertz CT molecular complexity index is 279. The number of nitrogens with one attached hydrogen (secondary N) is 1. The van der Waals surface area contributed by atoms with Gasteiger partial charge in [-0.05, 0) is 25.0 Å². The monoisotopic (exact) mass is 277 g/mol. The molecule has 1 unspecified atom stereocenters. The minimum atomic E-state index is -1.02. The molecule has 0 fully saturated rings. The standard InChI is InChI=1S/C12H23NO4S/c1-4-12(17,5-2)8-18-7-6-10(11(15)16)13-9(3)14/h10,17H,4-8H2,1-3H3,(H,13,14)(H,15,16). The zero-order chi connectivity index (χ0) is 14.2. The van der Waals surface area contributed by atoms with Gasteiger partial charge in [0, 0.05) is 12.7 Å². The van der Waals surface area contributed by atoms with E-state index in [1.165, 1.54) is 18.7 Å². The summed E-state index contributed by atoms with van der Waals surface area (Å²) in [6, 6.07) is -0.841. The second-order valence-corrected chi connectivity index (χ2v) is 5.47. The van der Waals surface area contributed by atoms with Crippen LogP contribution < -0.4 is 5.32 Å². The molecule has 0 aromatic rings. The highest BCUT2D eigenvalue weighted by Gasteiger charge is 2.23. The zero-order valence-electron chi connectivity index (χ0n) is 11.2. The third-order valence-corrected chi connectivity index (χ3v) is 4.18. The number of hydrogen-bond acceptors (Lipinski definition) is 4. The number of rotatable bonds is 9. The van der Waals surface area contributed by atoms with Gasteiger partial charge < -0.3 is 15.5 Å². The molecule has 0 bridgehead atoms. The van der Waals surface area contributed by atoms with E-state index in [1.54, 1.807) is 0 Å². The summed E-state index contributed by atoms with van der Waals surface area (Å²) in [6.45, 7) is 5.17. The first-order valence-corrected chi connectivity index (χ1v) is 7.30. The number of hydrogen-bond donors (Lipinski definition) is 3. The molecule has 3 N–H and O–H groups in total. The number of aliphatic carboxylic acids is 1. The molecule has 0 saturated carbocycles. The van der Waals surface area contributed by atoms with Gasteiger partial charge in [0.05, 0.1) is 5.60 Å². The van der Waals surface area contributed by atoms with Crippen LogP contribution in [0.25, 0.3) is 0 Å². The highest BCUT2D eigenvalue weighted by atomic mass is 32.2. The van der Waals surface area contributed by atoms with Gasteiger partial charge in [0.25, 0.3) is 0 Å². The molecule has 0 aliphatic heterocycles. The Hall–Kier alpha value is -0.750. The molecular formula is C12H23NO4S. The first-order valence-electron chi connectivity index (χ1n) is 6.14.